The van der Waals surface area contributed by atoms with Crippen LogP contribution in [-0.4, -0.2) is 4.98 Å². The Balaban J connectivity index is 1.84. The fourth-order valence-corrected chi connectivity index (χ4v) is 2.53. The molecule has 0 aliphatic heterocycles. The number of ether oxygens (including phenoxy) is 1. The molecular formula is C17H13BrFNO. The summed E-state index contributed by atoms with van der Waals surface area (Å²) in [6, 6.07) is 14.8. The maximum atomic E-state index is 13.9. The van der Waals surface area contributed by atoms with Gasteiger partial charge in [-0.3, -0.25) is 4.98 Å². The second-order valence-electron chi connectivity index (χ2n) is 4.68. The van der Waals surface area contributed by atoms with Crippen molar-refractivity contribution < 1.29 is 9.13 Å². The van der Waals surface area contributed by atoms with Crippen LogP contribution < -0.4 is 4.74 Å². The van der Waals surface area contributed by atoms with Gasteiger partial charge in [-0.05, 0) is 23.8 Å². The molecule has 0 saturated carbocycles. The zero-order valence-electron chi connectivity index (χ0n) is 11.2. The van der Waals surface area contributed by atoms with Crippen molar-refractivity contribution in [1.82, 2.24) is 4.98 Å². The molecular weight excluding hydrogens is 333 g/mol. The molecule has 0 spiro atoms. The Morgan fingerprint density at radius 3 is 2.76 bits per heavy atom. The predicted octanol–water partition coefficient (Wildman–Crippen LogP) is 4.85. The Morgan fingerprint density at radius 1 is 1.10 bits per heavy atom. The molecule has 3 aromatic rings. The van der Waals surface area contributed by atoms with Crippen molar-refractivity contribution >= 4 is 26.8 Å². The summed E-state index contributed by atoms with van der Waals surface area (Å²) in [5.41, 5.74) is 2.71. The van der Waals surface area contributed by atoms with Crippen LogP contribution in [0.2, 0.25) is 0 Å². The van der Waals surface area contributed by atoms with Gasteiger partial charge < -0.3 is 4.74 Å². The van der Waals surface area contributed by atoms with E-state index in [-0.39, 0.29) is 11.6 Å². The van der Waals surface area contributed by atoms with Gasteiger partial charge in [-0.1, -0.05) is 46.3 Å². The molecule has 2 nitrogen and oxygen atoms in total. The number of halogens is 2. The van der Waals surface area contributed by atoms with Crippen LogP contribution in [0.3, 0.4) is 0 Å². The topological polar surface area (TPSA) is 22.1 Å². The average molecular weight is 346 g/mol. The van der Waals surface area contributed by atoms with Gasteiger partial charge in [-0.15, -0.1) is 0 Å². The van der Waals surface area contributed by atoms with Crippen LogP contribution in [0.15, 0.2) is 54.7 Å². The maximum absolute atomic E-state index is 13.9. The van der Waals surface area contributed by atoms with Gasteiger partial charge >= 0.3 is 0 Å². The van der Waals surface area contributed by atoms with Crippen LogP contribution in [0.4, 0.5) is 4.39 Å². The molecule has 21 heavy (non-hydrogen) atoms. The minimum Gasteiger partial charge on any atom is -0.486 e. The first-order valence-corrected chi connectivity index (χ1v) is 7.70. The molecule has 1 aromatic heterocycles. The first-order chi connectivity index (χ1) is 10.3. The summed E-state index contributed by atoms with van der Waals surface area (Å²) in [4.78, 5) is 4.36. The van der Waals surface area contributed by atoms with Gasteiger partial charge in [0.2, 0.25) is 0 Å². The fraction of sp³-hybridized carbons (Fsp3) is 0.118. The largest absolute Gasteiger partial charge is 0.486 e. The number of nitrogens with zero attached hydrogens (tertiary/aromatic N) is 1. The molecule has 3 rings (SSSR count). The minimum atomic E-state index is -0.347. The molecule has 0 amide bonds. The Bertz CT molecular complexity index is 770. The number of hydrogen-bond donors (Lipinski definition) is 0. The lowest BCUT2D eigenvalue weighted by Crippen LogP contribution is -1.99. The monoisotopic (exact) mass is 345 g/mol. The molecule has 0 atom stereocenters. The lowest BCUT2D eigenvalue weighted by atomic mass is 10.1. The maximum Gasteiger partial charge on any atom is 0.165 e. The molecule has 106 valence electrons. The summed E-state index contributed by atoms with van der Waals surface area (Å²) >= 11 is 3.30. The van der Waals surface area contributed by atoms with E-state index in [1.807, 2.05) is 36.4 Å². The number of aromatic nitrogens is 1. The van der Waals surface area contributed by atoms with Crippen LogP contribution in [-0.2, 0) is 11.9 Å². The van der Waals surface area contributed by atoms with Gasteiger partial charge in [0, 0.05) is 22.5 Å². The van der Waals surface area contributed by atoms with Crippen molar-refractivity contribution in [3.05, 3.63) is 71.7 Å². The van der Waals surface area contributed by atoms with Crippen LogP contribution in [0, 0.1) is 5.82 Å². The van der Waals surface area contributed by atoms with E-state index in [2.05, 4.69) is 20.9 Å². The highest BCUT2D eigenvalue weighted by atomic mass is 79.9. The standard InChI is InChI=1S/C17H13BrFNO/c18-10-12-6-7-16(15(19)9-12)21-11-14-4-1-3-13-5-2-8-20-17(13)14/h1-9H,10-11H2. The van der Waals surface area contributed by atoms with E-state index in [1.165, 1.54) is 6.07 Å². The number of pyridine rings is 1. The summed E-state index contributed by atoms with van der Waals surface area (Å²) < 4.78 is 19.5. The van der Waals surface area contributed by atoms with E-state index in [1.54, 1.807) is 12.3 Å². The highest BCUT2D eigenvalue weighted by Crippen LogP contribution is 2.22. The summed E-state index contributed by atoms with van der Waals surface area (Å²) in [7, 11) is 0. The van der Waals surface area contributed by atoms with Gasteiger partial charge in [-0.25, -0.2) is 4.39 Å². The fourth-order valence-electron chi connectivity index (χ4n) is 2.18. The van der Waals surface area contributed by atoms with Crippen molar-refractivity contribution in [2.45, 2.75) is 11.9 Å². The number of benzene rings is 2. The average Bonchev–Trinajstić information content (AvgIpc) is 2.53. The molecule has 0 aliphatic rings. The third kappa shape index (κ3) is 3.05. The highest BCUT2D eigenvalue weighted by Gasteiger charge is 2.07. The number of rotatable bonds is 4. The van der Waals surface area contributed by atoms with Gasteiger partial charge in [0.1, 0.15) is 6.61 Å². The van der Waals surface area contributed by atoms with E-state index < -0.39 is 0 Å². The van der Waals surface area contributed by atoms with Crippen LogP contribution >= 0.6 is 15.9 Å². The molecule has 0 fully saturated rings. The molecule has 2 aromatic carbocycles. The van der Waals surface area contributed by atoms with E-state index in [0.29, 0.717) is 11.9 Å². The predicted molar refractivity (Wildman–Crippen MR) is 85.1 cm³/mol. The van der Waals surface area contributed by atoms with E-state index in [9.17, 15) is 4.39 Å². The van der Waals surface area contributed by atoms with Gasteiger partial charge in [-0.2, -0.15) is 0 Å². The SMILES string of the molecule is Fc1cc(CBr)ccc1OCc1cccc2cccnc12. The molecule has 0 unspecified atom stereocenters. The quantitative estimate of drug-likeness (QED) is 0.630. The highest BCUT2D eigenvalue weighted by molar-refractivity contribution is 9.08. The molecule has 4 heteroatoms. The lowest BCUT2D eigenvalue weighted by molar-refractivity contribution is 0.291. The van der Waals surface area contributed by atoms with Crippen molar-refractivity contribution in [3.8, 4) is 5.75 Å². The second kappa shape index (κ2) is 6.22. The molecule has 0 aliphatic carbocycles. The molecule has 0 radical (unpaired) electrons. The second-order valence-corrected chi connectivity index (χ2v) is 5.24. The molecule has 0 bridgehead atoms. The minimum absolute atomic E-state index is 0.257. The van der Waals surface area contributed by atoms with Crippen LogP contribution in [0.25, 0.3) is 10.9 Å². The molecule has 1 heterocycles. The van der Waals surface area contributed by atoms with Crippen molar-refractivity contribution in [2.24, 2.45) is 0 Å². The normalized spacial score (nSPS) is 10.8. The van der Waals surface area contributed by atoms with Crippen molar-refractivity contribution in [1.29, 1.82) is 0 Å². The number of fused-ring (bicyclic) bond motifs is 1. The first-order valence-electron chi connectivity index (χ1n) is 6.58. The first kappa shape index (κ1) is 14.0. The third-order valence-corrected chi connectivity index (χ3v) is 3.90. The Morgan fingerprint density at radius 2 is 1.95 bits per heavy atom. The van der Waals surface area contributed by atoms with Gasteiger partial charge in [0.05, 0.1) is 5.52 Å². The number of hydrogen-bond acceptors (Lipinski definition) is 2. The van der Waals surface area contributed by atoms with Crippen molar-refractivity contribution in [2.75, 3.05) is 0 Å². The smallest absolute Gasteiger partial charge is 0.165 e. The third-order valence-electron chi connectivity index (χ3n) is 3.25. The van der Waals surface area contributed by atoms with Gasteiger partial charge in [0.25, 0.3) is 0 Å². The summed E-state index contributed by atoms with van der Waals surface area (Å²) in [5, 5.41) is 1.67. The van der Waals surface area contributed by atoms with Crippen LogP contribution in [0.1, 0.15) is 11.1 Å². The molecule has 0 saturated heterocycles. The van der Waals surface area contributed by atoms with Crippen molar-refractivity contribution in [3.63, 3.8) is 0 Å². The van der Waals surface area contributed by atoms with Gasteiger partial charge in [0.15, 0.2) is 11.6 Å². The summed E-state index contributed by atoms with van der Waals surface area (Å²) in [6.45, 7) is 0.291. The zero-order chi connectivity index (χ0) is 14.7. The summed E-state index contributed by atoms with van der Waals surface area (Å²) in [6.07, 6.45) is 1.75. The number of para-hydroxylation sites is 1. The number of alkyl halides is 1. The van der Waals surface area contributed by atoms with E-state index in [4.69, 9.17) is 4.74 Å². The Kier molecular flexibility index (Phi) is 4.15. The van der Waals surface area contributed by atoms with Crippen LogP contribution in [0.5, 0.6) is 5.75 Å². The lowest BCUT2D eigenvalue weighted by Gasteiger charge is -2.09. The Labute approximate surface area is 130 Å². The zero-order valence-corrected chi connectivity index (χ0v) is 12.8. The van der Waals surface area contributed by atoms with E-state index in [0.717, 1.165) is 22.0 Å². The molecule has 0 N–H and O–H groups in total. The Hall–Kier alpha value is -1.94. The van der Waals surface area contributed by atoms with E-state index >= 15 is 0 Å². The summed E-state index contributed by atoms with van der Waals surface area (Å²) in [5.74, 6) is -0.0900.